The molecule has 1 aliphatic rings. The van der Waals surface area contributed by atoms with Crippen molar-refractivity contribution in [3.05, 3.63) is 34.6 Å². The zero-order valence-electron chi connectivity index (χ0n) is 10.5. The second-order valence-corrected chi connectivity index (χ2v) is 5.35. The lowest BCUT2D eigenvalue weighted by Gasteiger charge is -2.33. The minimum Gasteiger partial charge on any atom is -0.387 e. The van der Waals surface area contributed by atoms with Crippen molar-refractivity contribution in [3.63, 3.8) is 0 Å². The van der Waals surface area contributed by atoms with Crippen LogP contribution in [0.1, 0.15) is 37.9 Å². The molecule has 0 aromatic heterocycles. The van der Waals surface area contributed by atoms with Gasteiger partial charge in [0.25, 0.3) is 0 Å². The molecule has 1 fully saturated rings. The van der Waals surface area contributed by atoms with Crippen LogP contribution in [-0.2, 0) is 0 Å². The van der Waals surface area contributed by atoms with Crippen molar-refractivity contribution in [1.82, 2.24) is 5.32 Å². The topological polar surface area (TPSA) is 32.3 Å². The Balaban J connectivity index is 2.15. The summed E-state index contributed by atoms with van der Waals surface area (Å²) < 4.78 is 13.9. The van der Waals surface area contributed by atoms with Crippen LogP contribution in [0.2, 0.25) is 5.02 Å². The van der Waals surface area contributed by atoms with Gasteiger partial charge < -0.3 is 10.4 Å². The van der Waals surface area contributed by atoms with Gasteiger partial charge in [0.15, 0.2) is 0 Å². The van der Waals surface area contributed by atoms with Gasteiger partial charge in [0.1, 0.15) is 5.82 Å². The third kappa shape index (κ3) is 2.85. The van der Waals surface area contributed by atoms with Gasteiger partial charge in [-0.3, -0.25) is 0 Å². The lowest BCUT2D eigenvalue weighted by atomic mass is 9.86. The molecule has 100 valence electrons. The maximum Gasteiger partial charge on any atom is 0.147 e. The molecule has 0 amide bonds. The summed E-state index contributed by atoms with van der Waals surface area (Å²) in [5, 5.41) is 13.6. The monoisotopic (exact) mass is 271 g/mol. The van der Waals surface area contributed by atoms with Crippen molar-refractivity contribution in [3.8, 4) is 0 Å². The molecule has 0 radical (unpaired) electrons. The first-order valence-electron chi connectivity index (χ1n) is 6.48. The maximum absolute atomic E-state index is 13.9. The molecule has 1 saturated heterocycles. The van der Waals surface area contributed by atoms with Crippen LogP contribution < -0.4 is 5.32 Å². The van der Waals surface area contributed by atoms with Crippen LogP contribution in [0.25, 0.3) is 0 Å². The molecule has 18 heavy (non-hydrogen) atoms. The highest BCUT2D eigenvalue weighted by atomic mass is 35.5. The quantitative estimate of drug-likeness (QED) is 0.884. The Kier molecular flexibility index (Phi) is 4.60. The first-order valence-corrected chi connectivity index (χ1v) is 6.86. The number of aliphatic hydroxyl groups is 1. The summed E-state index contributed by atoms with van der Waals surface area (Å²) in [5.41, 5.74) is 0.289. The normalized spacial score (nSPS) is 26.0. The molecule has 2 nitrogen and oxygen atoms in total. The summed E-state index contributed by atoms with van der Waals surface area (Å²) in [6.07, 6.45) is 2.27. The number of rotatable bonds is 3. The number of aliphatic hydroxyl groups excluding tert-OH is 1. The van der Waals surface area contributed by atoms with E-state index >= 15 is 0 Å². The van der Waals surface area contributed by atoms with Gasteiger partial charge in [-0.05, 0) is 31.4 Å². The molecular formula is C14H19ClFNO. The maximum atomic E-state index is 13.9. The van der Waals surface area contributed by atoms with E-state index in [1.807, 2.05) is 0 Å². The molecule has 1 aromatic rings. The van der Waals surface area contributed by atoms with Gasteiger partial charge >= 0.3 is 0 Å². The fourth-order valence-electron chi connectivity index (χ4n) is 2.61. The van der Waals surface area contributed by atoms with E-state index in [0.29, 0.717) is 5.92 Å². The number of piperidine rings is 1. The number of nitrogens with one attached hydrogen (secondary N) is 1. The van der Waals surface area contributed by atoms with E-state index in [4.69, 9.17) is 11.6 Å². The zero-order chi connectivity index (χ0) is 13.1. The molecule has 1 heterocycles. The van der Waals surface area contributed by atoms with E-state index in [1.54, 1.807) is 12.1 Å². The van der Waals surface area contributed by atoms with Crippen molar-refractivity contribution in [2.45, 2.75) is 38.3 Å². The average Bonchev–Trinajstić information content (AvgIpc) is 2.41. The van der Waals surface area contributed by atoms with Gasteiger partial charge in [0.2, 0.25) is 0 Å². The number of hydrogen-bond donors (Lipinski definition) is 2. The number of halogens is 2. The second kappa shape index (κ2) is 6.00. The van der Waals surface area contributed by atoms with E-state index in [-0.39, 0.29) is 16.6 Å². The lowest BCUT2D eigenvalue weighted by Crippen LogP contribution is -2.42. The van der Waals surface area contributed by atoms with Crippen LogP contribution in [0.4, 0.5) is 4.39 Å². The van der Waals surface area contributed by atoms with Gasteiger partial charge in [0.05, 0.1) is 11.1 Å². The highest BCUT2D eigenvalue weighted by Crippen LogP contribution is 2.30. The van der Waals surface area contributed by atoms with Crippen molar-refractivity contribution >= 4 is 11.6 Å². The number of hydrogen-bond acceptors (Lipinski definition) is 2. The van der Waals surface area contributed by atoms with E-state index in [0.717, 1.165) is 25.8 Å². The molecule has 0 aliphatic carbocycles. The van der Waals surface area contributed by atoms with Gasteiger partial charge in [-0.1, -0.05) is 37.1 Å². The van der Waals surface area contributed by atoms with Crippen molar-refractivity contribution in [1.29, 1.82) is 0 Å². The summed E-state index contributed by atoms with van der Waals surface area (Å²) in [7, 11) is 0. The van der Waals surface area contributed by atoms with Crippen LogP contribution >= 0.6 is 11.6 Å². The smallest absolute Gasteiger partial charge is 0.147 e. The molecule has 0 bridgehead atoms. The van der Waals surface area contributed by atoms with Crippen LogP contribution in [0, 0.1) is 11.7 Å². The summed E-state index contributed by atoms with van der Waals surface area (Å²) in [6, 6.07) is 4.68. The molecule has 0 spiro atoms. The van der Waals surface area contributed by atoms with Gasteiger partial charge in [-0.15, -0.1) is 0 Å². The third-order valence-corrected chi connectivity index (χ3v) is 4.10. The summed E-state index contributed by atoms with van der Waals surface area (Å²) in [6.45, 7) is 3.03. The highest BCUT2D eigenvalue weighted by molar-refractivity contribution is 6.30. The SMILES string of the molecule is CCC1CCNC(C(O)c2cccc(Cl)c2F)C1. The molecule has 0 saturated carbocycles. The number of benzene rings is 1. The predicted molar refractivity (Wildman–Crippen MR) is 71.2 cm³/mol. The van der Waals surface area contributed by atoms with E-state index in [9.17, 15) is 9.50 Å². The summed E-state index contributed by atoms with van der Waals surface area (Å²) in [4.78, 5) is 0. The Hall–Kier alpha value is -0.640. The van der Waals surface area contributed by atoms with Gasteiger partial charge in [-0.25, -0.2) is 4.39 Å². The van der Waals surface area contributed by atoms with E-state index in [2.05, 4.69) is 12.2 Å². The lowest BCUT2D eigenvalue weighted by molar-refractivity contribution is 0.0948. The Morgan fingerprint density at radius 2 is 2.33 bits per heavy atom. The van der Waals surface area contributed by atoms with Crippen molar-refractivity contribution in [2.24, 2.45) is 5.92 Å². The van der Waals surface area contributed by atoms with Crippen LogP contribution in [0.5, 0.6) is 0 Å². The average molecular weight is 272 g/mol. The molecule has 1 aromatic carbocycles. The Morgan fingerprint density at radius 1 is 1.56 bits per heavy atom. The fourth-order valence-corrected chi connectivity index (χ4v) is 2.79. The summed E-state index contributed by atoms with van der Waals surface area (Å²) >= 11 is 5.75. The van der Waals surface area contributed by atoms with E-state index < -0.39 is 11.9 Å². The second-order valence-electron chi connectivity index (χ2n) is 4.95. The highest BCUT2D eigenvalue weighted by Gasteiger charge is 2.29. The molecule has 2 N–H and O–H groups in total. The Labute approximate surface area is 112 Å². The zero-order valence-corrected chi connectivity index (χ0v) is 11.3. The van der Waals surface area contributed by atoms with Crippen molar-refractivity contribution < 1.29 is 9.50 Å². The Morgan fingerprint density at radius 3 is 3.06 bits per heavy atom. The standard InChI is InChI=1S/C14H19ClFNO/c1-2-9-6-7-17-12(8-9)14(18)10-4-3-5-11(15)13(10)16/h3-5,9,12,14,17-18H,2,6-8H2,1H3. The largest absolute Gasteiger partial charge is 0.387 e. The fraction of sp³-hybridized carbons (Fsp3) is 0.571. The molecular weight excluding hydrogens is 253 g/mol. The minimum atomic E-state index is -0.835. The molecule has 3 unspecified atom stereocenters. The van der Waals surface area contributed by atoms with Gasteiger partial charge in [0, 0.05) is 11.6 Å². The molecule has 3 atom stereocenters. The predicted octanol–water partition coefficient (Wildman–Crippen LogP) is 3.29. The van der Waals surface area contributed by atoms with E-state index in [1.165, 1.54) is 6.07 Å². The summed E-state index contributed by atoms with van der Waals surface area (Å²) in [5.74, 6) is 0.0974. The van der Waals surface area contributed by atoms with Gasteiger partial charge in [-0.2, -0.15) is 0 Å². The van der Waals surface area contributed by atoms with Crippen molar-refractivity contribution in [2.75, 3.05) is 6.54 Å². The third-order valence-electron chi connectivity index (χ3n) is 3.80. The molecule has 2 rings (SSSR count). The first kappa shape index (κ1) is 13.8. The molecule has 4 heteroatoms. The molecule has 1 aliphatic heterocycles. The van der Waals surface area contributed by atoms with Crippen LogP contribution in [0.3, 0.4) is 0 Å². The van der Waals surface area contributed by atoms with Crippen LogP contribution in [-0.4, -0.2) is 17.7 Å². The first-order chi connectivity index (χ1) is 8.63. The van der Waals surface area contributed by atoms with Crippen LogP contribution in [0.15, 0.2) is 18.2 Å². The minimum absolute atomic E-state index is 0.0643. The Bertz CT molecular complexity index is 413.